The van der Waals surface area contributed by atoms with E-state index in [1.54, 1.807) is 0 Å². The van der Waals surface area contributed by atoms with E-state index in [0.29, 0.717) is 21.9 Å². The summed E-state index contributed by atoms with van der Waals surface area (Å²) in [5.74, 6) is 0. The average Bonchev–Trinajstić information content (AvgIpc) is 2.98. The van der Waals surface area contributed by atoms with Gasteiger partial charge in [0.25, 0.3) is 0 Å². The molecule has 0 aliphatic carbocycles. The molecule has 216 valence electrons. The number of rotatable bonds is 4. The summed E-state index contributed by atoms with van der Waals surface area (Å²) >= 11 is 0. The van der Waals surface area contributed by atoms with Crippen molar-refractivity contribution in [1.29, 1.82) is 0 Å². The first-order valence-corrected chi connectivity index (χ1v) is 14.1. The zero-order valence-electron chi connectivity index (χ0n) is 27.5. The van der Waals surface area contributed by atoms with Crippen LogP contribution in [0.3, 0.4) is 0 Å². The van der Waals surface area contributed by atoms with Gasteiger partial charge in [-0.15, -0.1) is 102 Å². The number of allylic oxidation sites excluding steroid dienone is 4. The Balaban J connectivity index is 0.000000443. The van der Waals surface area contributed by atoms with E-state index < -0.39 is 0 Å². The van der Waals surface area contributed by atoms with Crippen molar-refractivity contribution in [3.8, 4) is 0 Å². The minimum absolute atomic E-state index is 0. The Labute approximate surface area is 392 Å². The second-order valence-corrected chi connectivity index (χ2v) is 10.3. The minimum atomic E-state index is 0. The third kappa shape index (κ3) is 11.0. The molecule has 6 aromatic carbocycles. The molecule has 0 saturated heterocycles. The Morgan fingerprint density at radius 2 is 0.771 bits per heavy atom. The summed E-state index contributed by atoms with van der Waals surface area (Å²) in [6.45, 7) is 7.38. The SMILES string of the molecule is [B]c1[c-]c(C=[C-]C)c2cc3[c-]c(C=[C-]C)c([B])cc3cc2c1.[B]c1cc2cc3cc([B])c(C=[C-]C)[c-]c3cc2[c-]c1C=[C-]C.[Y].[Y].[Y].[Y]. The average molecular weight is 904 g/mol. The number of hydrogen-bond donors (Lipinski definition) is 0. The van der Waals surface area contributed by atoms with Gasteiger partial charge >= 0.3 is 0 Å². The van der Waals surface area contributed by atoms with E-state index in [2.05, 4.69) is 72.8 Å². The van der Waals surface area contributed by atoms with Crippen molar-refractivity contribution in [1.82, 2.24) is 0 Å². The molecule has 0 aliphatic rings. The second kappa shape index (κ2) is 21.5. The maximum atomic E-state index is 6.07. The van der Waals surface area contributed by atoms with Crippen LogP contribution in [-0.4, -0.2) is 31.4 Å². The van der Waals surface area contributed by atoms with Crippen molar-refractivity contribution in [2.45, 2.75) is 27.7 Å². The maximum absolute atomic E-state index is 6.07. The summed E-state index contributed by atoms with van der Waals surface area (Å²) in [6, 6.07) is 29.3. The fourth-order valence-electron chi connectivity index (χ4n) is 5.17. The molecule has 0 aliphatic heterocycles. The topological polar surface area (TPSA) is 0 Å². The van der Waals surface area contributed by atoms with E-state index in [4.69, 9.17) is 31.4 Å². The Kier molecular flexibility index (Phi) is 20.6. The summed E-state index contributed by atoms with van der Waals surface area (Å²) in [6.07, 6.45) is 19.4. The van der Waals surface area contributed by atoms with Crippen molar-refractivity contribution >= 4 is 121 Å². The van der Waals surface area contributed by atoms with E-state index >= 15 is 0 Å². The van der Waals surface area contributed by atoms with Crippen molar-refractivity contribution in [2.75, 3.05) is 0 Å². The summed E-state index contributed by atoms with van der Waals surface area (Å²) in [7, 11) is 24.1. The van der Waals surface area contributed by atoms with Gasteiger partial charge in [-0.05, 0) is 0 Å². The van der Waals surface area contributed by atoms with Crippen LogP contribution in [0.5, 0.6) is 0 Å². The Hall–Kier alpha value is -0.00468. The fraction of sp³-hybridized carbons (Fsp3) is 0.100. The molecular formula is C40H24B4Y4-8. The summed E-state index contributed by atoms with van der Waals surface area (Å²) < 4.78 is 0. The minimum Gasteiger partial charge on any atom is -0.330 e. The molecule has 12 radical (unpaired) electrons. The summed E-state index contributed by atoms with van der Waals surface area (Å²) in [4.78, 5) is 0. The van der Waals surface area contributed by atoms with Crippen LogP contribution in [-0.2, 0) is 131 Å². The van der Waals surface area contributed by atoms with Crippen LogP contribution in [0.2, 0.25) is 0 Å². The fourth-order valence-corrected chi connectivity index (χ4v) is 5.17. The molecule has 0 unspecified atom stereocenters. The standard InChI is InChI=1S/2C20H12B2.4Y/c1-3-5-13-9-18(21)10-17-8-16-12-20(22)14(6-4-2)7-15(16)11-19(13)17;1-3-5-13-7-15-9-16-8-14(6-4-2)20(22)12-18(16)10-17(15)11-19(13)21;;;;/h5-6,8,10-12H,1-2H3;5-6,9-12H,1-2H3;;;;/q2*-4;;;;. The van der Waals surface area contributed by atoms with E-state index in [1.165, 1.54) is 0 Å². The van der Waals surface area contributed by atoms with E-state index in [1.807, 2.05) is 76.3 Å². The molecule has 0 aromatic heterocycles. The molecule has 0 fully saturated rings. The van der Waals surface area contributed by atoms with Crippen LogP contribution in [0.1, 0.15) is 49.9 Å². The molecule has 0 spiro atoms. The van der Waals surface area contributed by atoms with Gasteiger partial charge in [-0.25, -0.2) is 40.0 Å². The zero-order valence-corrected chi connectivity index (χ0v) is 38.9. The molecule has 6 rings (SSSR count). The van der Waals surface area contributed by atoms with Crippen LogP contribution < -0.4 is 21.9 Å². The van der Waals surface area contributed by atoms with Gasteiger partial charge in [0.05, 0.1) is 7.85 Å². The summed E-state index contributed by atoms with van der Waals surface area (Å²) in [5.41, 5.74) is 6.19. The van der Waals surface area contributed by atoms with Gasteiger partial charge in [0.2, 0.25) is 0 Å². The molecule has 48 heavy (non-hydrogen) atoms. The largest absolute Gasteiger partial charge is 0.330 e. The summed E-state index contributed by atoms with van der Waals surface area (Å²) in [5, 5.41) is 8.26. The third-order valence-electron chi connectivity index (χ3n) is 7.15. The predicted octanol–water partition coefficient (Wildman–Crippen LogP) is 5.70. The molecule has 0 heterocycles. The molecule has 0 saturated carbocycles. The van der Waals surface area contributed by atoms with Gasteiger partial charge in [-0.2, -0.15) is 11.5 Å². The number of benzene rings is 6. The second-order valence-electron chi connectivity index (χ2n) is 10.3. The molecule has 0 bridgehead atoms. The molecule has 0 atom stereocenters. The molecule has 8 heteroatoms. The van der Waals surface area contributed by atoms with Crippen LogP contribution in [0, 0.1) is 48.6 Å². The van der Waals surface area contributed by atoms with Crippen molar-refractivity contribution in [3.63, 3.8) is 0 Å². The molecule has 0 nitrogen and oxygen atoms in total. The quantitative estimate of drug-likeness (QED) is 0.121. The van der Waals surface area contributed by atoms with Crippen LogP contribution >= 0.6 is 0 Å². The van der Waals surface area contributed by atoms with Gasteiger partial charge in [0.1, 0.15) is 0 Å². The Bertz CT molecular complexity index is 2090. The van der Waals surface area contributed by atoms with Crippen molar-refractivity contribution in [3.05, 3.63) is 119 Å². The van der Waals surface area contributed by atoms with Gasteiger partial charge in [-0.1, -0.05) is 5.39 Å². The molecular weight excluding hydrogens is 879 g/mol. The van der Waals surface area contributed by atoms with E-state index in [9.17, 15) is 0 Å². The van der Waals surface area contributed by atoms with Gasteiger partial charge in [0.15, 0.2) is 0 Å². The molecule has 0 N–H and O–H groups in total. The number of fused-ring (bicyclic) bond motifs is 4. The van der Waals surface area contributed by atoms with Crippen LogP contribution in [0.15, 0.2) is 48.5 Å². The van der Waals surface area contributed by atoms with Crippen molar-refractivity contribution in [2.24, 2.45) is 0 Å². The monoisotopic (exact) mass is 904 g/mol. The van der Waals surface area contributed by atoms with Gasteiger partial charge in [-0.3, -0.25) is 41.0 Å². The van der Waals surface area contributed by atoms with Crippen molar-refractivity contribution < 1.29 is 131 Å². The normalized spacial score (nSPS) is 11.1. The maximum Gasteiger partial charge on any atom is 0.0831 e. The zero-order chi connectivity index (χ0) is 31.4. The predicted molar refractivity (Wildman–Crippen MR) is 193 cm³/mol. The Morgan fingerprint density at radius 3 is 1.17 bits per heavy atom. The Morgan fingerprint density at radius 1 is 0.417 bits per heavy atom. The third-order valence-corrected chi connectivity index (χ3v) is 7.15. The van der Waals surface area contributed by atoms with Crippen LogP contribution in [0.4, 0.5) is 0 Å². The smallest absolute Gasteiger partial charge is 0.0831 e. The molecule has 0 amide bonds. The first-order valence-electron chi connectivity index (χ1n) is 14.1. The van der Waals surface area contributed by atoms with Gasteiger partial charge < -0.3 is 35.9 Å². The molecule has 6 aromatic rings. The van der Waals surface area contributed by atoms with E-state index in [-0.39, 0.29) is 131 Å². The van der Waals surface area contributed by atoms with E-state index in [0.717, 1.165) is 65.3 Å². The van der Waals surface area contributed by atoms with Gasteiger partial charge in [0, 0.05) is 154 Å². The first kappa shape index (κ1) is 46.0. The number of hydrogen-bond acceptors (Lipinski definition) is 0. The first-order chi connectivity index (χ1) is 21.2. The van der Waals surface area contributed by atoms with Crippen LogP contribution in [0.25, 0.3) is 67.4 Å².